The third-order valence-electron chi connectivity index (χ3n) is 14.9. The molecule has 5 heterocycles. The Morgan fingerprint density at radius 2 is 1.03 bits per heavy atom. The van der Waals surface area contributed by atoms with E-state index in [0.717, 1.165) is 116 Å². The van der Waals surface area contributed by atoms with Crippen LogP contribution in [-0.2, 0) is 21.1 Å². The van der Waals surface area contributed by atoms with Gasteiger partial charge in [-0.2, -0.15) is 11.3 Å². The number of nitriles is 2. The summed E-state index contributed by atoms with van der Waals surface area (Å²) in [6, 6.07) is 85.5. The second-order valence-corrected chi connectivity index (χ2v) is 18.9. The summed E-state index contributed by atoms with van der Waals surface area (Å²) in [4.78, 5) is 9.68. The summed E-state index contributed by atoms with van der Waals surface area (Å²) in [7, 11) is 0. The van der Waals surface area contributed by atoms with E-state index in [1.165, 1.54) is 0 Å². The number of ether oxygens (including phenoxy) is 1. The van der Waals surface area contributed by atoms with Gasteiger partial charge in [-0.25, -0.2) is 10.2 Å². The van der Waals surface area contributed by atoms with Crippen LogP contribution in [0.2, 0.25) is 0 Å². The van der Waals surface area contributed by atoms with Crippen molar-refractivity contribution in [1.82, 2.24) is 9.38 Å². The molecule has 0 spiro atoms. The number of fused-ring (bicyclic) bond motifs is 15. The van der Waals surface area contributed by atoms with E-state index in [0.29, 0.717) is 22.5 Å². The molecule has 10 aromatic carbocycles. The molecule has 0 atom stereocenters. The van der Waals surface area contributed by atoms with Crippen LogP contribution < -0.4 is 14.5 Å². The minimum absolute atomic E-state index is 0. The number of anilines is 4. The number of pyridine rings is 1. The van der Waals surface area contributed by atoms with Crippen molar-refractivity contribution < 1.29 is 25.8 Å². The minimum atomic E-state index is 0. The van der Waals surface area contributed by atoms with Crippen LogP contribution in [-0.4, -0.2) is 9.38 Å². The fourth-order valence-electron chi connectivity index (χ4n) is 11.7. The molecule has 13 aromatic rings. The second-order valence-electron chi connectivity index (χ2n) is 18.9. The first-order chi connectivity index (χ1) is 37.1. The average Bonchev–Trinajstić information content (AvgIpc) is 4.03. The molecule has 3 aromatic heterocycles. The Bertz CT molecular complexity index is 4650. The molecule has 7 nitrogen and oxygen atoms in total. The molecule has 0 aliphatic carbocycles. The molecule has 15 rings (SSSR count). The van der Waals surface area contributed by atoms with Crippen LogP contribution in [0, 0.1) is 41.5 Å². The first-order valence-corrected chi connectivity index (χ1v) is 24.8. The summed E-state index contributed by atoms with van der Waals surface area (Å²) >= 11 is 0. The minimum Gasteiger partial charge on any atom is -0.508 e. The molecule has 0 saturated heterocycles. The molecule has 0 amide bonds. The molecule has 0 radical (unpaired) electrons. The largest absolute Gasteiger partial charge is 0.508 e. The van der Waals surface area contributed by atoms with Gasteiger partial charge in [0.1, 0.15) is 5.65 Å². The van der Waals surface area contributed by atoms with Gasteiger partial charge in [0.25, 0.3) is 0 Å². The van der Waals surface area contributed by atoms with Gasteiger partial charge in [-0.15, -0.1) is 41.9 Å². The van der Waals surface area contributed by atoms with E-state index in [9.17, 15) is 10.5 Å². The van der Waals surface area contributed by atoms with E-state index in [2.05, 4.69) is 221 Å². The maximum atomic E-state index is 11.0. The van der Waals surface area contributed by atoms with Crippen molar-refractivity contribution in [2.45, 2.75) is 0 Å². The monoisotopic (exact) mass is 1150 g/mol. The molecule has 8 heteroatoms. The molecular formula is C68H37N6OPt-3. The molecule has 76 heavy (non-hydrogen) atoms. The number of aromatic nitrogens is 2. The van der Waals surface area contributed by atoms with E-state index in [4.69, 9.17) is 9.72 Å². The fraction of sp³-hybridized carbons (Fsp3) is 0. The Kier molecular flexibility index (Phi) is 10.5. The predicted octanol–water partition coefficient (Wildman–Crippen LogP) is 17.2. The number of nitrogens with zero attached hydrogens (tertiary/aromatic N) is 6. The van der Waals surface area contributed by atoms with E-state index < -0.39 is 0 Å². The summed E-state index contributed by atoms with van der Waals surface area (Å²) in [6.07, 6.45) is 1.81. The Labute approximate surface area is 451 Å². The Morgan fingerprint density at radius 3 is 1.70 bits per heavy atom. The first-order valence-electron chi connectivity index (χ1n) is 24.8. The smallest absolute Gasteiger partial charge is 0.143 e. The van der Waals surface area contributed by atoms with Crippen LogP contribution in [0.4, 0.5) is 22.7 Å². The van der Waals surface area contributed by atoms with Gasteiger partial charge in [0, 0.05) is 94.9 Å². The van der Waals surface area contributed by atoms with Gasteiger partial charge in [-0.1, -0.05) is 181 Å². The van der Waals surface area contributed by atoms with Gasteiger partial charge in [-0.05, 0) is 79.5 Å². The number of para-hydroxylation sites is 2. The quantitative estimate of drug-likeness (QED) is 0.160. The van der Waals surface area contributed by atoms with Crippen LogP contribution in [0.15, 0.2) is 219 Å². The first kappa shape index (κ1) is 44.9. The fourth-order valence-corrected chi connectivity index (χ4v) is 11.7. The Balaban J connectivity index is 0.00000528. The topological polar surface area (TPSA) is 80.6 Å². The SMILES string of the molecule is N#Cc1cc2c3ccccc3c3ccccc3c3cccnc3n3c4[c-]c(Oc5[c-]c6c(cc5)-c5ccccc5-c5cccc7c5N6[CH-]N7c5c(-c6ccccc6)cccc5-c5ccccc5)c(C#N)cc4c(c1)c23.[Pt]. The third-order valence-corrected chi connectivity index (χ3v) is 14.9. The zero-order valence-corrected chi connectivity index (χ0v) is 42.5. The Morgan fingerprint density at radius 1 is 0.461 bits per heavy atom. The van der Waals surface area contributed by atoms with Crippen LogP contribution in [0.3, 0.4) is 0 Å². The van der Waals surface area contributed by atoms with Gasteiger partial charge in [-0.3, -0.25) is 0 Å². The van der Waals surface area contributed by atoms with Gasteiger partial charge in [0.2, 0.25) is 0 Å². The zero-order chi connectivity index (χ0) is 49.7. The maximum Gasteiger partial charge on any atom is 0.143 e. The summed E-state index contributed by atoms with van der Waals surface area (Å²) in [6.45, 7) is 2.19. The normalized spacial score (nSPS) is 12.2. The summed E-state index contributed by atoms with van der Waals surface area (Å²) in [5.41, 5.74) is 15.6. The summed E-state index contributed by atoms with van der Waals surface area (Å²) in [5.74, 6) is 0.655. The molecule has 0 saturated carbocycles. The van der Waals surface area contributed by atoms with Crippen molar-refractivity contribution in [2.24, 2.45) is 0 Å². The van der Waals surface area contributed by atoms with Crippen LogP contribution in [0.25, 0.3) is 104 Å². The average molecular weight is 1150 g/mol. The van der Waals surface area contributed by atoms with Gasteiger partial charge in [0.15, 0.2) is 0 Å². The molecule has 358 valence electrons. The van der Waals surface area contributed by atoms with E-state index in [1.807, 2.05) is 36.4 Å². The number of hydrogen-bond acceptors (Lipinski definition) is 6. The van der Waals surface area contributed by atoms with Crippen LogP contribution >= 0.6 is 0 Å². The molecule has 0 N–H and O–H groups in total. The molecule has 2 aliphatic heterocycles. The Hall–Kier alpha value is -9.78. The van der Waals surface area contributed by atoms with Crippen molar-refractivity contribution in [1.29, 1.82) is 10.5 Å². The maximum absolute atomic E-state index is 11.0. The number of hydrogen-bond donors (Lipinski definition) is 0. The van der Waals surface area contributed by atoms with Crippen molar-refractivity contribution in [3.05, 3.63) is 248 Å². The standard InChI is InChI=1S/C68H37N6O.Pt/c69-39-42-34-59-54-25-12-8-21-50(54)49-20-7-11-24-53(49)57-29-15-33-71-68(57)74-63-38-64(45(40-70)36-58(63)60(35-42)66(59)74)75-46-31-32-55-51-22-9-10-23-52(51)56-28-14-30-61-67(56)73(62(55)37-46)41-72(61)65-47(43-16-3-1-4-17-43)26-13-27-48(65)44-18-5-2-6-19-44;/h1-36,41H;/q-3;. The third kappa shape index (κ3) is 6.73. The van der Waals surface area contributed by atoms with Crippen molar-refractivity contribution >= 4 is 82.5 Å². The van der Waals surface area contributed by atoms with Crippen molar-refractivity contribution in [3.63, 3.8) is 0 Å². The van der Waals surface area contributed by atoms with Crippen molar-refractivity contribution in [3.8, 4) is 68.1 Å². The number of rotatable bonds is 5. The second kappa shape index (κ2) is 17.7. The van der Waals surface area contributed by atoms with Gasteiger partial charge < -0.3 is 18.9 Å². The number of benzene rings is 10. The van der Waals surface area contributed by atoms with Crippen LogP contribution in [0.1, 0.15) is 11.1 Å². The molecule has 0 bridgehead atoms. The van der Waals surface area contributed by atoms with Gasteiger partial charge >= 0.3 is 0 Å². The zero-order valence-electron chi connectivity index (χ0n) is 40.3. The summed E-state index contributed by atoms with van der Waals surface area (Å²) < 4.78 is 9.09. The molecular weight excluding hydrogens is 1110 g/mol. The molecule has 0 fully saturated rings. The molecule has 2 aliphatic rings. The van der Waals surface area contributed by atoms with Crippen molar-refractivity contribution in [2.75, 3.05) is 9.80 Å². The van der Waals surface area contributed by atoms with Gasteiger partial charge in [0.05, 0.1) is 11.6 Å². The molecule has 0 unspecified atom stereocenters. The van der Waals surface area contributed by atoms with Crippen LogP contribution in [0.5, 0.6) is 11.5 Å². The van der Waals surface area contributed by atoms with E-state index in [1.54, 1.807) is 6.20 Å². The van der Waals surface area contributed by atoms with E-state index >= 15 is 0 Å². The summed E-state index contributed by atoms with van der Waals surface area (Å²) in [5, 5.41) is 29.0. The predicted molar refractivity (Wildman–Crippen MR) is 302 cm³/mol. The van der Waals surface area contributed by atoms with E-state index in [-0.39, 0.29) is 32.4 Å².